The number of rotatable bonds is 10. The van der Waals surface area contributed by atoms with Crippen LogP contribution in [0, 0.1) is 17.2 Å². The van der Waals surface area contributed by atoms with E-state index in [0.717, 1.165) is 48.3 Å². The summed E-state index contributed by atoms with van der Waals surface area (Å²) in [6.45, 7) is 10.5. The first-order valence-corrected chi connectivity index (χ1v) is 15.9. The Bertz CT molecular complexity index is 1400. The third-order valence-electron chi connectivity index (χ3n) is 10.0. The first-order chi connectivity index (χ1) is 21.0. The lowest BCUT2D eigenvalue weighted by molar-refractivity contribution is -0.132. The molecular weight excluding hydrogens is 584 g/mol. The molecule has 3 atom stereocenters. The summed E-state index contributed by atoms with van der Waals surface area (Å²) in [7, 11) is 1.94. The van der Waals surface area contributed by atoms with Gasteiger partial charge in [-0.15, -0.1) is 0 Å². The number of amidine groups is 1. The van der Waals surface area contributed by atoms with Crippen molar-refractivity contribution in [1.82, 2.24) is 14.7 Å². The fourth-order valence-corrected chi connectivity index (χ4v) is 7.64. The predicted octanol–water partition coefficient (Wildman–Crippen LogP) is 6.37. The van der Waals surface area contributed by atoms with Crippen molar-refractivity contribution in [2.24, 2.45) is 10.9 Å². The molecule has 0 radical (unpaired) electrons. The Hall–Kier alpha value is -3.22. The van der Waals surface area contributed by atoms with E-state index in [1.54, 1.807) is 0 Å². The molecular formula is C34H42ClF2N5O2. The van der Waals surface area contributed by atoms with E-state index in [1.165, 1.54) is 10.5 Å². The third kappa shape index (κ3) is 6.72. The van der Waals surface area contributed by atoms with Gasteiger partial charge in [0.2, 0.25) is 5.88 Å². The molecule has 3 aliphatic heterocycles. The van der Waals surface area contributed by atoms with Gasteiger partial charge in [0.05, 0.1) is 24.6 Å². The van der Waals surface area contributed by atoms with Crippen LogP contribution in [0.2, 0.25) is 5.02 Å². The number of carbonyl (C=O) groups is 1. The minimum atomic E-state index is -1.22. The molecule has 3 saturated heterocycles. The SMILES string of the molecule is C=C(/N=C(\C1=C(C)CC(CCc2ccccc2Cl)CC1)N1CCN(C(=O)C(=C)F)C(CC#N)C1)OCC1N(C)C2CC1(F)C2. The van der Waals surface area contributed by atoms with Crippen LogP contribution in [0.5, 0.6) is 0 Å². The molecule has 7 nitrogen and oxygen atoms in total. The van der Waals surface area contributed by atoms with E-state index in [9.17, 15) is 14.4 Å². The number of nitrogens with zero attached hydrogens (tertiary/aromatic N) is 5. The smallest absolute Gasteiger partial charge is 0.282 e. The van der Waals surface area contributed by atoms with Gasteiger partial charge in [0.1, 0.15) is 18.1 Å². The topological polar surface area (TPSA) is 72.2 Å². The highest BCUT2D eigenvalue weighted by Gasteiger charge is 2.62. The van der Waals surface area contributed by atoms with Crippen LogP contribution in [0.3, 0.4) is 0 Å². The number of hydrogen-bond acceptors (Lipinski definition) is 5. The van der Waals surface area contributed by atoms with E-state index >= 15 is 4.39 Å². The molecule has 6 rings (SSSR count). The van der Waals surface area contributed by atoms with E-state index in [0.29, 0.717) is 37.7 Å². The van der Waals surface area contributed by atoms with Gasteiger partial charge >= 0.3 is 0 Å². The maximum atomic E-state index is 15.1. The number of fused-ring (bicyclic) bond motifs is 1. The molecule has 3 heterocycles. The van der Waals surface area contributed by atoms with Crippen molar-refractivity contribution in [3.05, 3.63) is 70.9 Å². The van der Waals surface area contributed by atoms with Gasteiger partial charge in [0.25, 0.3) is 5.91 Å². The number of nitriles is 1. The van der Waals surface area contributed by atoms with Crippen molar-refractivity contribution < 1.29 is 18.3 Å². The highest BCUT2D eigenvalue weighted by atomic mass is 35.5. The zero-order valence-corrected chi connectivity index (χ0v) is 26.5. The number of amides is 1. The van der Waals surface area contributed by atoms with Gasteiger partial charge in [-0.25, -0.2) is 8.78 Å². The van der Waals surface area contributed by atoms with Crippen molar-refractivity contribution >= 4 is 23.3 Å². The minimum Gasteiger partial charge on any atom is -0.476 e. The second-order valence-electron chi connectivity index (χ2n) is 12.8. The van der Waals surface area contributed by atoms with E-state index in [2.05, 4.69) is 42.0 Å². The number of ether oxygens (including phenoxy) is 1. The average molecular weight is 626 g/mol. The van der Waals surface area contributed by atoms with Gasteiger partial charge in [0.15, 0.2) is 5.83 Å². The van der Waals surface area contributed by atoms with Crippen LogP contribution in [0.25, 0.3) is 0 Å². The molecule has 1 amide bonds. The number of hydrogen-bond donors (Lipinski definition) is 0. The summed E-state index contributed by atoms with van der Waals surface area (Å²) in [4.78, 5) is 22.9. The molecule has 2 bridgehead atoms. The second-order valence-corrected chi connectivity index (χ2v) is 13.2. The molecule has 10 heteroatoms. The van der Waals surface area contributed by atoms with Gasteiger partial charge < -0.3 is 14.5 Å². The fraction of sp³-hybridized carbons (Fsp3) is 0.559. The van der Waals surface area contributed by atoms with Crippen molar-refractivity contribution in [2.45, 2.75) is 82.1 Å². The van der Waals surface area contributed by atoms with Crippen LogP contribution < -0.4 is 0 Å². The first-order valence-electron chi connectivity index (χ1n) is 15.5. The largest absolute Gasteiger partial charge is 0.476 e. The quantitative estimate of drug-likeness (QED) is 0.131. The van der Waals surface area contributed by atoms with Gasteiger partial charge in [0, 0.05) is 30.7 Å². The fourth-order valence-electron chi connectivity index (χ4n) is 7.41. The summed E-state index contributed by atoms with van der Waals surface area (Å²) < 4.78 is 34.9. The lowest BCUT2D eigenvalue weighted by atomic mass is 9.80. The number of benzene rings is 1. The number of allylic oxidation sites excluding steroid dienone is 1. The van der Waals surface area contributed by atoms with E-state index in [4.69, 9.17) is 21.3 Å². The number of alkyl halides is 1. The highest BCUT2D eigenvalue weighted by Crippen LogP contribution is 2.51. The van der Waals surface area contributed by atoms with E-state index in [-0.39, 0.29) is 37.5 Å². The number of aliphatic imine (C=N–C) groups is 1. The number of halogens is 3. The lowest BCUT2D eigenvalue weighted by Gasteiger charge is -2.42. The zero-order chi connectivity index (χ0) is 31.6. The normalized spacial score (nSPS) is 28.9. The number of carbonyl (C=O) groups excluding carboxylic acids is 1. The Balaban J connectivity index is 1.34. The number of piperazine rings is 1. The molecule has 44 heavy (non-hydrogen) atoms. The summed E-state index contributed by atoms with van der Waals surface area (Å²) >= 11 is 6.40. The van der Waals surface area contributed by atoms with Gasteiger partial charge in [-0.3, -0.25) is 9.69 Å². The average Bonchev–Trinajstić information content (AvgIpc) is 3.36. The minimum absolute atomic E-state index is 0.0517. The molecule has 3 unspecified atom stereocenters. The Morgan fingerprint density at radius 2 is 2.02 bits per heavy atom. The van der Waals surface area contributed by atoms with Crippen LogP contribution >= 0.6 is 11.6 Å². The van der Waals surface area contributed by atoms with Gasteiger partial charge in [-0.1, -0.05) is 42.0 Å². The molecule has 1 saturated carbocycles. The van der Waals surface area contributed by atoms with Crippen molar-refractivity contribution in [2.75, 3.05) is 33.3 Å². The summed E-state index contributed by atoms with van der Waals surface area (Å²) in [5.74, 6) is -0.423. The third-order valence-corrected chi connectivity index (χ3v) is 10.4. The number of aryl methyl sites for hydroxylation is 1. The predicted molar refractivity (Wildman–Crippen MR) is 168 cm³/mol. The van der Waals surface area contributed by atoms with Crippen molar-refractivity contribution in [1.29, 1.82) is 5.26 Å². The highest BCUT2D eigenvalue weighted by molar-refractivity contribution is 6.31. The number of likely N-dealkylation sites (N-methyl/N-ethyl adjacent to an activating group) is 1. The summed E-state index contributed by atoms with van der Waals surface area (Å²) in [5.41, 5.74) is 2.25. The Morgan fingerprint density at radius 3 is 2.66 bits per heavy atom. The van der Waals surface area contributed by atoms with Gasteiger partial charge in [-0.2, -0.15) is 10.3 Å². The molecule has 0 spiro atoms. The molecule has 1 aromatic carbocycles. The molecule has 0 aromatic heterocycles. The standard InChI is InChI=1S/C34H42ClF2N5O2/c1-22-17-25(9-11-26-7-5-6-8-30(26)35)10-12-29(22)32(39-24(3)44-21-31-34(37)18-28(19-34)40(31)4)41-15-16-42(33(43)23(2)36)27(20-41)13-14-38/h5-8,25,27-28,31H,2-3,9-13,15-21H2,1,4H3/b39-32+. The summed E-state index contributed by atoms with van der Waals surface area (Å²) in [6, 6.07) is 9.51. The van der Waals surface area contributed by atoms with Crippen molar-refractivity contribution in [3.63, 3.8) is 0 Å². The molecule has 236 valence electrons. The van der Waals surface area contributed by atoms with Crippen LogP contribution in [-0.4, -0.2) is 83.5 Å². The molecule has 0 N–H and O–H groups in total. The molecule has 2 aliphatic carbocycles. The molecule has 1 aromatic rings. The summed E-state index contributed by atoms with van der Waals surface area (Å²) in [5, 5.41) is 10.3. The second kappa shape index (κ2) is 13.4. The maximum Gasteiger partial charge on any atom is 0.282 e. The molecule has 4 fully saturated rings. The van der Waals surface area contributed by atoms with Crippen LogP contribution in [0.15, 0.2) is 65.3 Å². The lowest BCUT2D eigenvalue weighted by Crippen LogP contribution is -2.57. The van der Waals surface area contributed by atoms with Crippen LogP contribution in [0.4, 0.5) is 8.78 Å². The van der Waals surface area contributed by atoms with Crippen LogP contribution in [-0.2, 0) is 16.0 Å². The Morgan fingerprint density at radius 1 is 1.27 bits per heavy atom. The summed E-state index contributed by atoms with van der Waals surface area (Å²) in [6.07, 6.45) is 5.75. The first kappa shape index (κ1) is 32.2. The van der Waals surface area contributed by atoms with Crippen LogP contribution in [0.1, 0.15) is 57.4 Å². The zero-order valence-electron chi connectivity index (χ0n) is 25.7. The monoisotopic (exact) mass is 625 g/mol. The maximum absolute atomic E-state index is 15.1. The van der Waals surface area contributed by atoms with E-state index in [1.807, 2.05) is 25.2 Å². The van der Waals surface area contributed by atoms with Crippen molar-refractivity contribution in [3.8, 4) is 6.07 Å². The van der Waals surface area contributed by atoms with E-state index < -0.39 is 23.4 Å². The Kier molecular flexibility index (Phi) is 9.81. The Labute approximate surface area is 264 Å². The molecule has 5 aliphatic rings. The van der Waals surface area contributed by atoms with Gasteiger partial charge in [-0.05, 0) is 88.6 Å².